The molecule has 2 heterocycles. The van der Waals surface area contributed by atoms with Crippen molar-refractivity contribution in [3.05, 3.63) is 89.0 Å². The molecule has 0 aliphatic carbocycles. The highest BCUT2D eigenvalue weighted by Gasteiger charge is 2.40. The summed E-state index contributed by atoms with van der Waals surface area (Å²) >= 11 is 1.22. The second-order valence-electron chi connectivity index (χ2n) is 6.23. The van der Waals surface area contributed by atoms with Crippen LogP contribution in [0.1, 0.15) is 11.3 Å². The van der Waals surface area contributed by atoms with Gasteiger partial charge in [0.25, 0.3) is 11.8 Å². The molecule has 7 heteroatoms. The van der Waals surface area contributed by atoms with Gasteiger partial charge in [-0.15, -0.1) is 11.8 Å². The number of anilines is 1. The molecule has 4 rings (SSSR count). The summed E-state index contributed by atoms with van der Waals surface area (Å²) in [4.78, 5) is 27.9. The van der Waals surface area contributed by atoms with Crippen LogP contribution in [0.15, 0.2) is 76.2 Å². The van der Waals surface area contributed by atoms with Crippen LogP contribution in [0.2, 0.25) is 0 Å². The van der Waals surface area contributed by atoms with Crippen molar-refractivity contribution in [2.75, 3.05) is 12.0 Å². The zero-order valence-electron chi connectivity index (χ0n) is 15.4. The van der Waals surface area contributed by atoms with Crippen molar-refractivity contribution in [2.45, 2.75) is 5.75 Å². The minimum absolute atomic E-state index is 0.245. The van der Waals surface area contributed by atoms with Crippen LogP contribution in [0.4, 0.5) is 10.1 Å². The molecule has 0 bridgehead atoms. The first-order valence-electron chi connectivity index (χ1n) is 8.76. The summed E-state index contributed by atoms with van der Waals surface area (Å²) in [5, 5.41) is 0. The number of amides is 2. The lowest BCUT2D eigenvalue weighted by Gasteiger charge is -2.16. The van der Waals surface area contributed by atoms with Gasteiger partial charge in [0.2, 0.25) is 0 Å². The molecular formula is C22H16FNO4S. The van der Waals surface area contributed by atoms with E-state index in [9.17, 15) is 14.0 Å². The maximum absolute atomic E-state index is 13.4. The van der Waals surface area contributed by atoms with Crippen molar-refractivity contribution in [1.29, 1.82) is 0 Å². The molecule has 3 aromatic rings. The quantitative estimate of drug-likeness (QED) is 0.555. The lowest BCUT2D eigenvalue weighted by molar-refractivity contribution is -0.119. The third-order valence-electron chi connectivity index (χ3n) is 4.42. The molecule has 2 aromatic carbocycles. The first-order valence-corrected chi connectivity index (χ1v) is 9.75. The summed E-state index contributed by atoms with van der Waals surface area (Å²) in [6, 6.07) is 15.8. The summed E-state index contributed by atoms with van der Waals surface area (Å²) in [5.41, 5.74) is 1.14. The molecule has 0 fully saturated rings. The number of imide groups is 1. The summed E-state index contributed by atoms with van der Waals surface area (Å²) in [7, 11) is 1.51. The van der Waals surface area contributed by atoms with E-state index < -0.39 is 17.6 Å². The van der Waals surface area contributed by atoms with E-state index in [1.165, 1.54) is 43.1 Å². The number of carbonyl (C=O) groups is 2. The van der Waals surface area contributed by atoms with Crippen LogP contribution in [0.5, 0.6) is 5.75 Å². The second kappa shape index (κ2) is 7.97. The normalized spacial score (nSPS) is 14.1. The van der Waals surface area contributed by atoms with Gasteiger partial charge in [-0.05, 0) is 42.0 Å². The van der Waals surface area contributed by atoms with Gasteiger partial charge < -0.3 is 9.15 Å². The third-order valence-corrected chi connectivity index (χ3v) is 5.52. The third kappa shape index (κ3) is 3.69. The molecule has 0 N–H and O–H groups in total. The smallest absolute Gasteiger partial charge is 0.272 e. The fourth-order valence-electron chi connectivity index (χ4n) is 3.04. The van der Waals surface area contributed by atoms with Crippen molar-refractivity contribution < 1.29 is 23.1 Å². The zero-order valence-corrected chi connectivity index (χ0v) is 16.2. The Bertz CT molecular complexity index is 1090. The van der Waals surface area contributed by atoms with Gasteiger partial charge in [-0.25, -0.2) is 9.29 Å². The van der Waals surface area contributed by atoms with E-state index in [1.807, 2.05) is 0 Å². The number of furan rings is 1. The first kappa shape index (κ1) is 19.0. The molecule has 0 saturated heterocycles. The minimum Gasteiger partial charge on any atom is -0.497 e. The predicted molar refractivity (Wildman–Crippen MR) is 109 cm³/mol. The molecule has 0 saturated carbocycles. The molecule has 29 heavy (non-hydrogen) atoms. The second-order valence-corrected chi connectivity index (χ2v) is 7.21. The molecule has 0 atom stereocenters. The van der Waals surface area contributed by atoms with Gasteiger partial charge in [-0.1, -0.05) is 18.2 Å². The number of benzene rings is 2. The lowest BCUT2D eigenvalue weighted by Crippen LogP contribution is -2.31. The fraction of sp³-hybridized carbons (Fsp3) is 0.0909. The molecule has 1 aliphatic heterocycles. The number of ether oxygens (including phenoxy) is 1. The van der Waals surface area contributed by atoms with E-state index in [-0.39, 0.29) is 5.57 Å². The van der Waals surface area contributed by atoms with E-state index in [4.69, 9.17) is 9.15 Å². The summed E-state index contributed by atoms with van der Waals surface area (Å²) in [5.74, 6) is 0.290. The molecule has 2 amide bonds. The Morgan fingerprint density at radius 1 is 1.03 bits per heavy atom. The summed E-state index contributed by atoms with van der Waals surface area (Å²) < 4.78 is 23.9. The molecule has 1 aliphatic rings. The van der Waals surface area contributed by atoms with Gasteiger partial charge in [0.15, 0.2) is 0 Å². The van der Waals surface area contributed by atoms with Crippen molar-refractivity contribution in [3.8, 4) is 5.75 Å². The molecule has 146 valence electrons. The van der Waals surface area contributed by atoms with Crippen molar-refractivity contribution in [1.82, 2.24) is 0 Å². The summed E-state index contributed by atoms with van der Waals surface area (Å²) in [6.45, 7) is 0. The Kier molecular flexibility index (Phi) is 5.22. The number of thioether (sulfide) groups is 1. The predicted octanol–water partition coefficient (Wildman–Crippen LogP) is 4.65. The topological polar surface area (TPSA) is 59.8 Å². The lowest BCUT2D eigenvalue weighted by atomic mass is 10.1. The Morgan fingerprint density at radius 3 is 2.52 bits per heavy atom. The minimum atomic E-state index is -0.461. The van der Waals surface area contributed by atoms with Gasteiger partial charge in [0.05, 0.1) is 35.3 Å². The van der Waals surface area contributed by atoms with Crippen LogP contribution < -0.4 is 9.64 Å². The maximum atomic E-state index is 13.4. The van der Waals surface area contributed by atoms with Crippen LogP contribution in [-0.4, -0.2) is 18.9 Å². The van der Waals surface area contributed by atoms with Gasteiger partial charge >= 0.3 is 0 Å². The number of carbonyl (C=O) groups excluding carboxylic acids is 2. The molecule has 0 spiro atoms. The molecule has 0 unspecified atom stereocenters. The fourth-order valence-corrected chi connectivity index (χ4v) is 4.05. The largest absolute Gasteiger partial charge is 0.497 e. The van der Waals surface area contributed by atoms with Crippen LogP contribution in [-0.2, 0) is 15.3 Å². The van der Waals surface area contributed by atoms with Gasteiger partial charge in [-0.3, -0.25) is 9.59 Å². The number of nitrogens with zero attached hydrogens (tertiary/aromatic N) is 1. The average Bonchev–Trinajstić information content (AvgIpc) is 3.33. The van der Waals surface area contributed by atoms with E-state index in [1.54, 1.807) is 42.7 Å². The summed E-state index contributed by atoms with van der Waals surface area (Å²) in [6.07, 6.45) is 1.55. The number of halogens is 1. The van der Waals surface area contributed by atoms with Crippen molar-refractivity contribution >= 4 is 34.8 Å². The monoisotopic (exact) mass is 409 g/mol. The van der Waals surface area contributed by atoms with E-state index in [2.05, 4.69) is 0 Å². The highest BCUT2D eigenvalue weighted by atomic mass is 32.2. The van der Waals surface area contributed by atoms with Gasteiger partial charge in [0, 0.05) is 6.07 Å². The Morgan fingerprint density at radius 2 is 1.83 bits per heavy atom. The van der Waals surface area contributed by atoms with Crippen LogP contribution in [0.3, 0.4) is 0 Å². The van der Waals surface area contributed by atoms with Gasteiger partial charge in [0.1, 0.15) is 17.3 Å². The first-order chi connectivity index (χ1) is 14.1. The number of rotatable bonds is 6. The Hall–Kier alpha value is -3.32. The number of methoxy groups -OCH3 is 1. The van der Waals surface area contributed by atoms with Crippen LogP contribution in [0, 0.1) is 5.82 Å². The van der Waals surface area contributed by atoms with Crippen molar-refractivity contribution in [2.24, 2.45) is 0 Å². The number of hydrogen-bond acceptors (Lipinski definition) is 5. The van der Waals surface area contributed by atoms with Crippen LogP contribution in [0.25, 0.3) is 5.57 Å². The molecule has 0 radical (unpaired) electrons. The standard InChI is InChI=1S/C22H16FNO4S/c1-27-17-5-2-4-16(12-17)24-21(25)19(14-7-9-15(23)10-8-14)20(22(24)26)29-13-18-6-3-11-28-18/h2-12H,13H2,1H3. The molecule has 1 aromatic heterocycles. The SMILES string of the molecule is COc1cccc(N2C(=O)C(SCc3ccco3)=C(c3ccc(F)cc3)C2=O)c1. The molecule has 5 nitrogen and oxygen atoms in total. The van der Waals surface area contributed by atoms with E-state index >= 15 is 0 Å². The highest BCUT2D eigenvalue weighted by Crippen LogP contribution is 2.40. The molecular weight excluding hydrogens is 393 g/mol. The zero-order chi connectivity index (χ0) is 20.4. The van der Waals surface area contributed by atoms with E-state index in [0.29, 0.717) is 33.4 Å². The van der Waals surface area contributed by atoms with Gasteiger partial charge in [-0.2, -0.15) is 0 Å². The Balaban J connectivity index is 1.75. The maximum Gasteiger partial charge on any atom is 0.272 e. The Labute approximate surface area is 170 Å². The average molecular weight is 409 g/mol. The highest BCUT2D eigenvalue weighted by molar-refractivity contribution is 8.03. The number of hydrogen-bond donors (Lipinski definition) is 0. The van der Waals surface area contributed by atoms with Crippen molar-refractivity contribution in [3.63, 3.8) is 0 Å². The van der Waals surface area contributed by atoms with Crippen LogP contribution >= 0.6 is 11.8 Å². The van der Waals surface area contributed by atoms with E-state index in [0.717, 1.165) is 4.90 Å².